The highest BCUT2D eigenvalue weighted by Gasteiger charge is 2.37. The monoisotopic (exact) mass is 338 g/mol. The van der Waals surface area contributed by atoms with Crippen molar-refractivity contribution >= 4 is 6.16 Å². The quantitative estimate of drug-likeness (QED) is 0.584. The normalized spacial score (nSPS) is 37.5. The Bertz CT molecular complexity index is 368. The van der Waals surface area contributed by atoms with Gasteiger partial charge in [0.1, 0.15) is 12.2 Å². The van der Waals surface area contributed by atoms with E-state index in [0.717, 1.165) is 25.7 Å². The van der Waals surface area contributed by atoms with Gasteiger partial charge in [-0.1, -0.05) is 54.4 Å². The highest BCUT2D eigenvalue weighted by Crippen LogP contribution is 2.37. The standard InChI is InChI=1S/C21H38O3/c1-13(2)17-9-7-15(5)11-19(17)23-21(22)24-20-12-16(6)8-10-18(20)14(3)4/h13-20H,7-12H2,1-6H3/t15-,16-,17-,18+,19-,20-/m1/s1. The van der Waals surface area contributed by atoms with Crippen molar-refractivity contribution < 1.29 is 14.3 Å². The van der Waals surface area contributed by atoms with Crippen LogP contribution in [0.1, 0.15) is 80.1 Å². The van der Waals surface area contributed by atoms with Crippen molar-refractivity contribution in [3.8, 4) is 0 Å². The predicted octanol–water partition coefficient (Wildman–Crippen LogP) is 6.06. The van der Waals surface area contributed by atoms with E-state index in [1.165, 1.54) is 12.8 Å². The first-order chi connectivity index (χ1) is 11.3. The van der Waals surface area contributed by atoms with E-state index in [-0.39, 0.29) is 12.2 Å². The van der Waals surface area contributed by atoms with Gasteiger partial charge in [0.15, 0.2) is 0 Å². The van der Waals surface area contributed by atoms with E-state index in [9.17, 15) is 4.79 Å². The van der Waals surface area contributed by atoms with Crippen LogP contribution >= 0.6 is 0 Å². The summed E-state index contributed by atoms with van der Waals surface area (Å²) in [6.45, 7) is 13.5. The Morgan fingerprint density at radius 2 is 1.12 bits per heavy atom. The molecule has 0 aromatic carbocycles. The van der Waals surface area contributed by atoms with Gasteiger partial charge in [0.05, 0.1) is 0 Å². The summed E-state index contributed by atoms with van der Waals surface area (Å²) in [7, 11) is 0. The molecule has 3 heteroatoms. The van der Waals surface area contributed by atoms with Crippen molar-refractivity contribution in [3.63, 3.8) is 0 Å². The van der Waals surface area contributed by atoms with Crippen LogP contribution in [0.3, 0.4) is 0 Å². The molecule has 0 heterocycles. The van der Waals surface area contributed by atoms with Crippen LogP contribution < -0.4 is 0 Å². The Morgan fingerprint density at radius 3 is 1.46 bits per heavy atom. The molecular weight excluding hydrogens is 300 g/mol. The third-order valence-electron chi connectivity index (χ3n) is 6.42. The van der Waals surface area contributed by atoms with Gasteiger partial charge in [-0.25, -0.2) is 4.79 Å². The minimum absolute atomic E-state index is 0.0276. The molecule has 0 unspecified atom stereocenters. The molecule has 6 atom stereocenters. The van der Waals surface area contributed by atoms with E-state index in [1.54, 1.807) is 0 Å². The topological polar surface area (TPSA) is 35.5 Å². The zero-order valence-electron chi connectivity index (χ0n) is 16.6. The zero-order chi connectivity index (χ0) is 17.9. The van der Waals surface area contributed by atoms with Crippen LogP contribution in [0.25, 0.3) is 0 Å². The number of carbonyl (C=O) groups is 1. The molecule has 3 nitrogen and oxygen atoms in total. The molecule has 24 heavy (non-hydrogen) atoms. The lowest BCUT2D eigenvalue weighted by molar-refractivity contribution is -0.0697. The minimum Gasteiger partial charge on any atom is -0.431 e. The fraction of sp³-hybridized carbons (Fsp3) is 0.952. The summed E-state index contributed by atoms with van der Waals surface area (Å²) in [5, 5.41) is 0. The molecule has 2 saturated carbocycles. The third kappa shape index (κ3) is 5.13. The van der Waals surface area contributed by atoms with Gasteiger partial charge >= 0.3 is 6.16 Å². The number of hydrogen-bond acceptors (Lipinski definition) is 3. The van der Waals surface area contributed by atoms with Crippen molar-refractivity contribution in [3.05, 3.63) is 0 Å². The number of ether oxygens (including phenoxy) is 2. The lowest BCUT2D eigenvalue weighted by Crippen LogP contribution is -2.39. The summed E-state index contributed by atoms with van der Waals surface area (Å²) >= 11 is 0. The van der Waals surface area contributed by atoms with Gasteiger partial charge in [-0.05, 0) is 61.2 Å². The lowest BCUT2D eigenvalue weighted by Gasteiger charge is -2.38. The first kappa shape index (κ1) is 19.6. The predicted molar refractivity (Wildman–Crippen MR) is 97.8 cm³/mol. The van der Waals surface area contributed by atoms with Crippen molar-refractivity contribution in [1.82, 2.24) is 0 Å². The van der Waals surface area contributed by atoms with Gasteiger partial charge in [-0.2, -0.15) is 0 Å². The van der Waals surface area contributed by atoms with Gasteiger partial charge in [-0.3, -0.25) is 0 Å². The zero-order valence-corrected chi connectivity index (χ0v) is 16.6. The number of hydrogen-bond donors (Lipinski definition) is 0. The Morgan fingerprint density at radius 1 is 0.750 bits per heavy atom. The van der Waals surface area contributed by atoms with E-state index in [2.05, 4.69) is 41.5 Å². The van der Waals surface area contributed by atoms with E-state index in [0.29, 0.717) is 35.5 Å². The fourth-order valence-corrected chi connectivity index (χ4v) is 4.78. The van der Waals surface area contributed by atoms with E-state index in [4.69, 9.17) is 9.47 Å². The Balaban J connectivity index is 1.94. The van der Waals surface area contributed by atoms with E-state index >= 15 is 0 Å². The molecule has 2 rings (SSSR count). The second-order valence-corrected chi connectivity index (χ2v) is 9.21. The molecule has 0 aromatic heterocycles. The molecule has 2 aliphatic rings. The maximum absolute atomic E-state index is 12.5. The molecule has 0 N–H and O–H groups in total. The molecule has 0 saturated heterocycles. The van der Waals surface area contributed by atoms with Gasteiger partial charge < -0.3 is 9.47 Å². The molecule has 0 radical (unpaired) electrons. The van der Waals surface area contributed by atoms with Crippen LogP contribution in [-0.2, 0) is 9.47 Å². The van der Waals surface area contributed by atoms with Crippen molar-refractivity contribution in [2.45, 2.75) is 92.3 Å². The molecule has 0 bridgehead atoms. The molecule has 0 aromatic rings. The van der Waals surface area contributed by atoms with Crippen LogP contribution in [0, 0.1) is 35.5 Å². The van der Waals surface area contributed by atoms with Gasteiger partial charge in [0.2, 0.25) is 0 Å². The average Bonchev–Trinajstić information content (AvgIpc) is 2.46. The van der Waals surface area contributed by atoms with Crippen molar-refractivity contribution in [1.29, 1.82) is 0 Å². The SMILES string of the molecule is CC(C)[C@H]1CC[C@@H](C)C[C@H]1OC(=O)O[C@@H]1C[C@H](C)CC[C@H]1C(C)C. The summed E-state index contributed by atoms with van der Waals surface area (Å²) in [5.74, 6) is 3.31. The molecule has 2 fully saturated rings. The molecule has 0 amide bonds. The van der Waals surface area contributed by atoms with Crippen LogP contribution in [0.15, 0.2) is 0 Å². The first-order valence-electron chi connectivity index (χ1n) is 10.1. The Kier molecular flexibility index (Phi) is 7.00. The van der Waals surface area contributed by atoms with Crippen molar-refractivity contribution in [2.24, 2.45) is 35.5 Å². The van der Waals surface area contributed by atoms with Crippen LogP contribution in [-0.4, -0.2) is 18.4 Å². The fourth-order valence-electron chi connectivity index (χ4n) is 4.78. The summed E-state index contributed by atoms with van der Waals surface area (Å²) in [6.07, 6.45) is 6.39. The number of rotatable bonds is 4. The van der Waals surface area contributed by atoms with Crippen LogP contribution in [0.2, 0.25) is 0 Å². The summed E-state index contributed by atoms with van der Waals surface area (Å²) < 4.78 is 11.7. The second kappa shape index (κ2) is 8.58. The first-order valence-corrected chi connectivity index (χ1v) is 10.1. The maximum Gasteiger partial charge on any atom is 0.508 e. The molecule has 140 valence electrons. The smallest absolute Gasteiger partial charge is 0.431 e. The highest BCUT2D eigenvalue weighted by molar-refractivity contribution is 5.60. The Hall–Kier alpha value is -0.730. The van der Waals surface area contributed by atoms with Crippen LogP contribution in [0.5, 0.6) is 0 Å². The largest absolute Gasteiger partial charge is 0.508 e. The van der Waals surface area contributed by atoms with E-state index in [1.807, 2.05) is 0 Å². The lowest BCUT2D eigenvalue weighted by atomic mass is 9.75. The molecule has 2 aliphatic carbocycles. The maximum atomic E-state index is 12.5. The summed E-state index contributed by atoms with van der Waals surface area (Å²) in [6, 6.07) is 0. The second-order valence-electron chi connectivity index (χ2n) is 9.21. The Labute approximate surface area is 148 Å². The van der Waals surface area contributed by atoms with Crippen LogP contribution in [0.4, 0.5) is 4.79 Å². The van der Waals surface area contributed by atoms with Gasteiger partial charge in [0.25, 0.3) is 0 Å². The molecular formula is C21H38O3. The number of carbonyl (C=O) groups excluding carboxylic acids is 1. The minimum atomic E-state index is -0.426. The van der Waals surface area contributed by atoms with Gasteiger partial charge in [-0.15, -0.1) is 0 Å². The molecule has 0 aliphatic heterocycles. The third-order valence-corrected chi connectivity index (χ3v) is 6.42. The van der Waals surface area contributed by atoms with Gasteiger partial charge in [0, 0.05) is 0 Å². The van der Waals surface area contributed by atoms with Crippen molar-refractivity contribution in [2.75, 3.05) is 0 Å². The average molecular weight is 339 g/mol. The summed E-state index contributed by atoms with van der Waals surface area (Å²) in [4.78, 5) is 12.5. The highest BCUT2D eigenvalue weighted by atomic mass is 16.7. The summed E-state index contributed by atoms with van der Waals surface area (Å²) in [5.41, 5.74) is 0. The van der Waals surface area contributed by atoms with E-state index < -0.39 is 6.16 Å². The molecule has 0 spiro atoms.